The summed E-state index contributed by atoms with van der Waals surface area (Å²) >= 11 is 0. The van der Waals surface area contributed by atoms with Crippen LogP contribution in [0.2, 0.25) is 0 Å². The van der Waals surface area contributed by atoms with Crippen molar-refractivity contribution < 1.29 is 14.3 Å². The molecular weight excluding hydrogens is 201 g/mol. The maximum atomic E-state index is 13.0. The van der Waals surface area contributed by atoms with Crippen LogP contribution in [0.1, 0.15) is 19.8 Å². The standard InChI is InChI=1S/C9H18FN3O2/c1-6(11)13-5-7(10)3-2-4-8(12)9(14)15/h3,6,8,13H,2,4-5,11-12H2,1H3,(H,14,15)/b7-3+/t6?,8-/m0/s1. The fourth-order valence-electron chi connectivity index (χ4n) is 0.874. The number of aliphatic carboxylic acids is 1. The summed E-state index contributed by atoms with van der Waals surface area (Å²) < 4.78 is 13.0. The first-order valence-corrected chi connectivity index (χ1v) is 4.75. The van der Waals surface area contributed by atoms with E-state index in [0.717, 1.165) is 0 Å². The first-order chi connectivity index (χ1) is 6.93. The molecule has 0 aliphatic heterocycles. The van der Waals surface area contributed by atoms with Crippen LogP contribution in [0, 0.1) is 0 Å². The molecule has 0 bridgehead atoms. The van der Waals surface area contributed by atoms with Crippen LogP contribution in [0.4, 0.5) is 4.39 Å². The summed E-state index contributed by atoms with van der Waals surface area (Å²) in [5.74, 6) is -1.43. The molecule has 0 fully saturated rings. The van der Waals surface area contributed by atoms with Gasteiger partial charge in [0, 0.05) is 6.54 Å². The normalized spacial score (nSPS) is 16.1. The molecule has 1 unspecified atom stereocenters. The maximum absolute atomic E-state index is 13.0. The third kappa shape index (κ3) is 8.04. The van der Waals surface area contributed by atoms with Gasteiger partial charge in [0.1, 0.15) is 11.9 Å². The Morgan fingerprint density at radius 3 is 2.67 bits per heavy atom. The van der Waals surface area contributed by atoms with Crippen LogP contribution in [0.25, 0.3) is 0 Å². The zero-order valence-corrected chi connectivity index (χ0v) is 8.74. The molecular formula is C9H18FN3O2. The Morgan fingerprint density at radius 1 is 1.60 bits per heavy atom. The smallest absolute Gasteiger partial charge is 0.320 e. The van der Waals surface area contributed by atoms with E-state index in [1.54, 1.807) is 6.92 Å². The molecule has 15 heavy (non-hydrogen) atoms. The lowest BCUT2D eigenvalue weighted by Gasteiger charge is -2.06. The van der Waals surface area contributed by atoms with Gasteiger partial charge in [0.05, 0.1) is 6.17 Å². The SMILES string of the molecule is CC(N)NC/C(F)=C\CC[C@H](N)C(=O)O. The van der Waals surface area contributed by atoms with E-state index in [-0.39, 0.29) is 25.0 Å². The Bertz CT molecular complexity index is 231. The summed E-state index contributed by atoms with van der Waals surface area (Å²) in [6.45, 7) is 1.76. The highest BCUT2D eigenvalue weighted by molar-refractivity contribution is 5.72. The number of rotatable bonds is 7. The first kappa shape index (κ1) is 14.0. The van der Waals surface area contributed by atoms with E-state index in [1.807, 2.05) is 0 Å². The fourth-order valence-corrected chi connectivity index (χ4v) is 0.874. The molecule has 0 rings (SSSR count). The van der Waals surface area contributed by atoms with Crippen LogP contribution in [-0.2, 0) is 4.79 Å². The molecule has 0 amide bonds. The molecule has 0 aromatic carbocycles. The van der Waals surface area contributed by atoms with Crippen LogP contribution < -0.4 is 16.8 Å². The first-order valence-electron chi connectivity index (χ1n) is 4.75. The minimum Gasteiger partial charge on any atom is -0.480 e. The molecule has 0 aliphatic carbocycles. The third-order valence-electron chi connectivity index (χ3n) is 1.75. The average Bonchev–Trinajstić information content (AvgIpc) is 2.14. The quantitative estimate of drug-likeness (QED) is 0.449. The van der Waals surface area contributed by atoms with Crippen LogP contribution in [0.15, 0.2) is 11.9 Å². The number of halogens is 1. The number of allylic oxidation sites excluding steroid dienone is 1. The number of carboxylic acids is 1. The molecule has 0 heterocycles. The predicted octanol–water partition coefficient (Wildman–Crippen LogP) is -0.0738. The van der Waals surface area contributed by atoms with E-state index in [0.29, 0.717) is 6.42 Å². The van der Waals surface area contributed by atoms with Gasteiger partial charge < -0.3 is 16.6 Å². The number of nitrogens with two attached hydrogens (primary N) is 2. The second-order valence-electron chi connectivity index (χ2n) is 3.34. The van der Waals surface area contributed by atoms with Gasteiger partial charge >= 0.3 is 5.97 Å². The third-order valence-corrected chi connectivity index (χ3v) is 1.75. The number of hydrogen-bond acceptors (Lipinski definition) is 4. The van der Waals surface area contributed by atoms with Crippen molar-refractivity contribution in [2.45, 2.75) is 32.0 Å². The van der Waals surface area contributed by atoms with Gasteiger partial charge in [0.25, 0.3) is 0 Å². The lowest BCUT2D eigenvalue weighted by molar-refractivity contribution is -0.138. The zero-order chi connectivity index (χ0) is 11.8. The molecule has 2 atom stereocenters. The van der Waals surface area contributed by atoms with Gasteiger partial charge in [-0.25, -0.2) is 4.39 Å². The maximum Gasteiger partial charge on any atom is 0.320 e. The summed E-state index contributed by atoms with van der Waals surface area (Å²) in [4.78, 5) is 10.3. The van der Waals surface area contributed by atoms with E-state index in [1.165, 1.54) is 6.08 Å². The van der Waals surface area contributed by atoms with E-state index in [9.17, 15) is 9.18 Å². The summed E-state index contributed by atoms with van der Waals surface area (Å²) in [6.07, 6.45) is 1.57. The minimum absolute atomic E-state index is 0.0555. The monoisotopic (exact) mass is 219 g/mol. The average molecular weight is 219 g/mol. The molecule has 0 spiro atoms. The van der Waals surface area contributed by atoms with Crippen LogP contribution in [-0.4, -0.2) is 29.8 Å². The summed E-state index contributed by atoms with van der Waals surface area (Å²) in [5.41, 5.74) is 10.6. The van der Waals surface area contributed by atoms with Gasteiger partial charge in [-0.15, -0.1) is 0 Å². The largest absolute Gasteiger partial charge is 0.480 e. The highest BCUT2D eigenvalue weighted by Gasteiger charge is 2.09. The van der Waals surface area contributed by atoms with Crippen molar-refractivity contribution in [2.24, 2.45) is 11.5 Å². The van der Waals surface area contributed by atoms with Gasteiger partial charge in [-0.1, -0.05) is 6.08 Å². The van der Waals surface area contributed by atoms with E-state index >= 15 is 0 Å². The summed E-state index contributed by atoms with van der Waals surface area (Å²) in [6, 6.07) is -0.935. The van der Waals surface area contributed by atoms with Crippen LogP contribution in [0.5, 0.6) is 0 Å². The molecule has 88 valence electrons. The van der Waals surface area contributed by atoms with E-state index in [4.69, 9.17) is 16.6 Å². The molecule has 0 aromatic heterocycles. The molecule has 0 aromatic rings. The Hall–Kier alpha value is -0.980. The van der Waals surface area contributed by atoms with Gasteiger partial charge in [-0.05, 0) is 19.8 Å². The molecule has 5 nitrogen and oxygen atoms in total. The van der Waals surface area contributed by atoms with Gasteiger partial charge in [0.2, 0.25) is 0 Å². The van der Waals surface area contributed by atoms with Crippen molar-refractivity contribution in [3.05, 3.63) is 11.9 Å². The number of nitrogens with one attached hydrogen (secondary N) is 1. The van der Waals surface area contributed by atoms with Crippen molar-refractivity contribution in [1.29, 1.82) is 0 Å². The molecule has 6 N–H and O–H groups in total. The predicted molar refractivity (Wildman–Crippen MR) is 55.7 cm³/mol. The molecule has 0 radical (unpaired) electrons. The number of hydrogen-bond donors (Lipinski definition) is 4. The topological polar surface area (TPSA) is 101 Å². The van der Waals surface area contributed by atoms with Crippen molar-refractivity contribution in [3.8, 4) is 0 Å². The lowest BCUT2D eigenvalue weighted by atomic mass is 10.1. The minimum atomic E-state index is -1.07. The van der Waals surface area contributed by atoms with Gasteiger partial charge in [0.15, 0.2) is 0 Å². The van der Waals surface area contributed by atoms with Crippen molar-refractivity contribution in [3.63, 3.8) is 0 Å². The molecule has 6 heteroatoms. The zero-order valence-electron chi connectivity index (χ0n) is 8.74. The highest BCUT2D eigenvalue weighted by atomic mass is 19.1. The molecule has 0 saturated carbocycles. The van der Waals surface area contributed by atoms with Crippen LogP contribution >= 0.6 is 0 Å². The van der Waals surface area contributed by atoms with Crippen molar-refractivity contribution in [2.75, 3.05) is 6.54 Å². The highest BCUT2D eigenvalue weighted by Crippen LogP contribution is 2.02. The second kappa shape index (κ2) is 7.33. The number of carboxylic acid groups (broad SMARTS) is 1. The Kier molecular flexibility index (Phi) is 6.85. The van der Waals surface area contributed by atoms with E-state index in [2.05, 4.69) is 5.32 Å². The van der Waals surface area contributed by atoms with Gasteiger partial charge in [-0.2, -0.15) is 0 Å². The Labute approximate surface area is 88.3 Å². The van der Waals surface area contributed by atoms with E-state index < -0.39 is 12.0 Å². The number of carbonyl (C=O) groups is 1. The Morgan fingerprint density at radius 2 is 2.20 bits per heavy atom. The second-order valence-corrected chi connectivity index (χ2v) is 3.34. The summed E-state index contributed by atoms with van der Waals surface area (Å²) in [5, 5.41) is 11.1. The van der Waals surface area contributed by atoms with Crippen molar-refractivity contribution in [1.82, 2.24) is 5.32 Å². The molecule has 0 aliphatic rings. The lowest BCUT2D eigenvalue weighted by Crippen LogP contribution is -2.35. The van der Waals surface area contributed by atoms with Crippen molar-refractivity contribution >= 4 is 5.97 Å². The van der Waals surface area contributed by atoms with Gasteiger partial charge in [-0.3, -0.25) is 10.1 Å². The van der Waals surface area contributed by atoms with Crippen LogP contribution in [0.3, 0.4) is 0 Å². The Balaban J connectivity index is 3.71. The molecule has 0 saturated heterocycles. The summed E-state index contributed by atoms with van der Waals surface area (Å²) in [7, 11) is 0. The fraction of sp³-hybridized carbons (Fsp3) is 0.667.